The molecule has 4 aliphatic rings. The Morgan fingerprint density at radius 2 is 1.43 bits per heavy atom. The lowest BCUT2D eigenvalue weighted by Gasteiger charge is -2.39. The van der Waals surface area contributed by atoms with E-state index >= 15 is 0 Å². The van der Waals surface area contributed by atoms with Gasteiger partial charge in [0.1, 0.15) is 10.9 Å². The van der Waals surface area contributed by atoms with Gasteiger partial charge >= 0.3 is 5.51 Å². The summed E-state index contributed by atoms with van der Waals surface area (Å²) in [5, 5.41) is 8.99. The molecule has 4 N–H and O–H groups in total. The molecule has 28 heteroatoms. The molecule has 0 unspecified atom stereocenters. The summed E-state index contributed by atoms with van der Waals surface area (Å²) in [6, 6.07) is 29.1. The summed E-state index contributed by atoms with van der Waals surface area (Å²) in [7, 11) is -9.24. The average Bonchev–Trinajstić information content (AvgIpc) is 1.75. The molecule has 5 aromatic carbocycles. The van der Waals surface area contributed by atoms with E-state index in [0.29, 0.717) is 75.7 Å². The van der Waals surface area contributed by atoms with Gasteiger partial charge in [-0.25, -0.2) is 21.6 Å². The van der Waals surface area contributed by atoms with Crippen LogP contribution in [-0.4, -0.2) is 197 Å². The number of halogens is 4. The summed E-state index contributed by atoms with van der Waals surface area (Å²) in [6.07, 6.45) is 3.49. The molecule has 0 aromatic heterocycles. The van der Waals surface area contributed by atoms with Crippen molar-refractivity contribution in [3.05, 3.63) is 148 Å². The Morgan fingerprint density at radius 1 is 0.768 bits per heavy atom. The van der Waals surface area contributed by atoms with Gasteiger partial charge in [0.05, 0.1) is 74.6 Å². The molecule has 5 aromatic rings. The smallest absolute Gasteiger partial charge is 0.382 e. The van der Waals surface area contributed by atoms with Crippen LogP contribution in [0.5, 0.6) is 0 Å². The van der Waals surface area contributed by atoms with Gasteiger partial charge in [0, 0.05) is 90.9 Å². The number of hydrogen-bond acceptors (Lipinski definition) is 19. The first-order valence-electron chi connectivity index (χ1n) is 31.5. The lowest BCUT2D eigenvalue weighted by Crippen LogP contribution is -2.54. The molecule has 0 bridgehead atoms. The fourth-order valence-electron chi connectivity index (χ4n) is 11.7. The summed E-state index contributed by atoms with van der Waals surface area (Å²) >= 11 is 7.61. The molecule has 2 fully saturated rings. The number of sulfonamides is 1. The number of amides is 5. The topological polar surface area (TPSA) is 252 Å². The molecule has 0 saturated carbocycles. The largest absolute Gasteiger partial charge is 0.501 e. The first-order valence-corrected chi connectivity index (χ1v) is 35.8. The molecule has 5 amide bonds. The van der Waals surface area contributed by atoms with Crippen molar-refractivity contribution < 1.29 is 72.9 Å². The van der Waals surface area contributed by atoms with Gasteiger partial charge < -0.3 is 39.4 Å². The molecular formula is C67H80ClF3N8O13S3. The molecule has 1 aliphatic carbocycles. The Kier molecular flexibility index (Phi) is 25.0. The van der Waals surface area contributed by atoms with Crippen LogP contribution < -0.4 is 25.6 Å². The number of thioether (sulfide) groups is 1. The predicted octanol–water partition coefficient (Wildman–Crippen LogP) is 9.01. The van der Waals surface area contributed by atoms with Crippen LogP contribution in [-0.2, 0) is 48.4 Å². The van der Waals surface area contributed by atoms with Crippen LogP contribution in [0.4, 0.5) is 30.2 Å². The standard InChI is InChI=1S/C67H80ClF3N8O13S3/c1-66(2)26-24-54(46-12-16-49(68)17-13-46)48(43-66)44-77-29-31-78(32-30-77)51-18-14-47(15-19-51)62(81)75-95(87,88)53-20-21-56(59(42-53)94(85,86)67(69,70)71)73-50(45-93-52-8-5-4-6-9-52)25-28-76(3)33-35-90-37-39-92-41-40-91-38-36-89-34-27-72-57-11-7-10-55-61(57)65(84)79(64(55)83)58-22-23-60(80)74-63(58)82/h4-21,42,50,58,72-73H,22-41,43-45H2,1-3H3,(H,75,81)(H,74,80,82)/t50-,58-/m1/s1. The Morgan fingerprint density at radius 3 is 2.09 bits per heavy atom. The Balaban J connectivity index is 0.699. The molecule has 2 saturated heterocycles. The summed E-state index contributed by atoms with van der Waals surface area (Å²) < 4.78 is 122. The number of carbonyl (C=O) groups is 5. The average molecular weight is 1390 g/mol. The van der Waals surface area contributed by atoms with Gasteiger partial charge in [-0.1, -0.05) is 67.4 Å². The summed E-state index contributed by atoms with van der Waals surface area (Å²) in [6.45, 7) is 12.0. The number of nitrogens with zero attached hydrogens (tertiary/aromatic N) is 4. The summed E-state index contributed by atoms with van der Waals surface area (Å²) in [5.74, 6) is -3.11. The second-order valence-electron chi connectivity index (χ2n) is 24.4. The maximum atomic E-state index is 14.5. The minimum absolute atomic E-state index is 0.0232. The molecular weight excluding hydrogens is 1310 g/mol. The molecule has 2 atom stereocenters. The quantitative estimate of drug-likeness (QED) is 0.0174. The molecule has 3 aliphatic heterocycles. The Bertz CT molecular complexity index is 3790. The maximum Gasteiger partial charge on any atom is 0.501 e. The number of imide groups is 2. The lowest BCUT2D eigenvalue weighted by atomic mass is 9.73. The van der Waals surface area contributed by atoms with Crippen molar-refractivity contribution in [2.45, 2.75) is 84.7 Å². The zero-order valence-electron chi connectivity index (χ0n) is 53.2. The number of anilines is 3. The predicted molar refractivity (Wildman–Crippen MR) is 357 cm³/mol. The number of benzene rings is 5. The molecule has 0 spiro atoms. The third-order valence-electron chi connectivity index (χ3n) is 16.9. The molecule has 3 heterocycles. The van der Waals surface area contributed by atoms with E-state index in [1.165, 1.54) is 46.7 Å². The fourth-order valence-corrected chi connectivity index (χ4v) is 14.9. The van der Waals surface area contributed by atoms with Crippen molar-refractivity contribution in [1.82, 2.24) is 24.7 Å². The van der Waals surface area contributed by atoms with E-state index < -0.39 is 82.5 Å². The first-order chi connectivity index (χ1) is 45.4. The van der Waals surface area contributed by atoms with Crippen LogP contribution in [0.15, 0.2) is 136 Å². The van der Waals surface area contributed by atoms with Crippen LogP contribution in [0.2, 0.25) is 5.02 Å². The minimum Gasteiger partial charge on any atom is -0.382 e. The van der Waals surface area contributed by atoms with Gasteiger partial charge in [0.2, 0.25) is 11.8 Å². The first kappa shape index (κ1) is 72.4. The van der Waals surface area contributed by atoms with Crippen LogP contribution in [0.1, 0.15) is 89.0 Å². The normalized spacial score (nSPS) is 17.5. The summed E-state index contributed by atoms with van der Waals surface area (Å²) in [5.41, 5.74) is -0.534. The zero-order chi connectivity index (χ0) is 67.9. The Labute approximate surface area is 561 Å². The van der Waals surface area contributed by atoms with Gasteiger partial charge in [-0.2, -0.15) is 13.2 Å². The highest BCUT2D eigenvalue weighted by Crippen LogP contribution is 2.43. The second-order valence-corrected chi connectivity index (χ2v) is 29.5. The molecule has 9 rings (SSSR count). The highest BCUT2D eigenvalue weighted by Gasteiger charge is 2.49. The van der Waals surface area contributed by atoms with Gasteiger partial charge in [-0.3, -0.25) is 39.1 Å². The van der Waals surface area contributed by atoms with Gasteiger partial charge in [-0.15, -0.1) is 11.8 Å². The van der Waals surface area contributed by atoms with Crippen LogP contribution in [0.25, 0.3) is 5.57 Å². The van der Waals surface area contributed by atoms with Gasteiger partial charge in [0.15, 0.2) is 0 Å². The van der Waals surface area contributed by atoms with Crippen molar-refractivity contribution in [1.29, 1.82) is 0 Å². The van der Waals surface area contributed by atoms with E-state index in [-0.39, 0.29) is 73.7 Å². The SMILES string of the molecule is CN(CCOCCOCCOCCOCCNc1cccc2c1C(=O)N([C@@H]1CCC(=O)NC1=O)C2=O)CC[C@H](CSc1ccccc1)Nc1ccc(S(=O)(=O)NC(=O)c2ccc(N3CCN(CC4=C(c5ccc(Cl)cc5)CCC(C)(C)C4)CC3)cc2)cc1S(=O)(=O)C(F)(F)F. The van der Waals surface area contributed by atoms with E-state index in [1.807, 2.05) is 59.1 Å². The van der Waals surface area contributed by atoms with E-state index in [0.717, 1.165) is 66.5 Å². The number of ether oxygens (including phenoxy) is 4. The van der Waals surface area contributed by atoms with Crippen molar-refractivity contribution in [3.63, 3.8) is 0 Å². The second kappa shape index (κ2) is 32.9. The maximum absolute atomic E-state index is 14.5. The number of piperazine rings is 1. The molecule has 95 heavy (non-hydrogen) atoms. The van der Waals surface area contributed by atoms with Gasteiger partial charge in [-0.05, 0) is 141 Å². The van der Waals surface area contributed by atoms with Gasteiger partial charge in [0.25, 0.3) is 37.6 Å². The van der Waals surface area contributed by atoms with Crippen molar-refractivity contribution >= 4 is 95.4 Å². The van der Waals surface area contributed by atoms with E-state index in [2.05, 4.69) is 51.7 Å². The van der Waals surface area contributed by atoms with Crippen LogP contribution in [0, 0.1) is 5.41 Å². The molecule has 0 radical (unpaired) electrons. The highest BCUT2D eigenvalue weighted by molar-refractivity contribution is 7.99. The van der Waals surface area contributed by atoms with Crippen LogP contribution >= 0.6 is 23.4 Å². The van der Waals surface area contributed by atoms with E-state index in [9.17, 15) is 54.0 Å². The molecule has 512 valence electrons. The van der Waals surface area contributed by atoms with Crippen LogP contribution in [0.3, 0.4) is 0 Å². The minimum atomic E-state index is -6.15. The Hall–Kier alpha value is -6.92. The number of allylic oxidation sites excluding steroid dienone is 1. The fraction of sp³-hybridized carbons (Fsp3) is 0.448. The zero-order valence-corrected chi connectivity index (χ0v) is 56.4. The number of sulfone groups is 1. The van der Waals surface area contributed by atoms with E-state index in [4.69, 9.17) is 30.5 Å². The number of likely N-dealkylation sites (N-methyl/N-ethyl adjacent to an activating group) is 1. The third-order valence-corrected chi connectivity index (χ3v) is 21.2. The number of hydrogen-bond donors (Lipinski definition) is 4. The lowest BCUT2D eigenvalue weighted by molar-refractivity contribution is -0.136. The monoisotopic (exact) mass is 1390 g/mol. The van der Waals surface area contributed by atoms with Crippen molar-refractivity contribution in [2.24, 2.45) is 5.41 Å². The van der Waals surface area contributed by atoms with Crippen molar-refractivity contribution in [3.8, 4) is 0 Å². The number of fused-ring (bicyclic) bond motifs is 1. The highest BCUT2D eigenvalue weighted by atomic mass is 35.5. The summed E-state index contributed by atoms with van der Waals surface area (Å²) in [4.78, 5) is 70.2. The number of alkyl halides is 3. The molecule has 21 nitrogen and oxygen atoms in total. The number of carbonyl (C=O) groups excluding carboxylic acids is 5. The van der Waals surface area contributed by atoms with Crippen molar-refractivity contribution in [2.75, 3.05) is 134 Å². The number of rotatable bonds is 33. The number of nitrogens with one attached hydrogen (secondary N) is 4. The van der Waals surface area contributed by atoms with E-state index in [1.54, 1.807) is 24.3 Å². The number of piperidine rings is 1. The third kappa shape index (κ3) is 19.4.